The van der Waals surface area contributed by atoms with Crippen molar-refractivity contribution in [1.29, 1.82) is 0 Å². The van der Waals surface area contributed by atoms with E-state index in [9.17, 15) is 14.7 Å². The summed E-state index contributed by atoms with van der Waals surface area (Å²) in [5.41, 5.74) is 5.55. The number of aromatic nitrogens is 3. The number of anilines is 3. The number of aliphatic imine (C=N–C) groups is 1. The lowest BCUT2D eigenvalue weighted by atomic mass is 9.84. The molecule has 2 saturated heterocycles. The van der Waals surface area contributed by atoms with Crippen LogP contribution in [0.25, 0.3) is 0 Å². The van der Waals surface area contributed by atoms with Gasteiger partial charge in [-0.1, -0.05) is 19.9 Å². The number of ether oxygens (including phenoxy) is 1. The number of aryl methyl sites for hydroxylation is 1. The number of carbonyl (C=O) groups is 1. The average molecular weight is 667 g/mol. The highest BCUT2D eigenvalue weighted by atomic mass is 16.5. The topological polar surface area (TPSA) is 120 Å². The summed E-state index contributed by atoms with van der Waals surface area (Å²) in [6, 6.07) is 8.75. The second kappa shape index (κ2) is 12.3. The molecule has 3 aromatic rings. The minimum absolute atomic E-state index is 0.0775. The van der Waals surface area contributed by atoms with E-state index in [4.69, 9.17) is 4.74 Å². The number of amides is 1. The van der Waals surface area contributed by atoms with Crippen LogP contribution in [-0.4, -0.2) is 98.9 Å². The second-order valence-corrected chi connectivity index (χ2v) is 15.1. The van der Waals surface area contributed by atoms with E-state index < -0.39 is 5.92 Å². The molecule has 49 heavy (non-hydrogen) atoms. The number of pyridine rings is 2. The number of hydrogen-bond donors (Lipinski definition) is 2. The highest BCUT2D eigenvalue weighted by Gasteiger charge is 2.40. The van der Waals surface area contributed by atoms with Crippen LogP contribution >= 0.6 is 0 Å². The number of aliphatic hydroxyl groups is 1. The summed E-state index contributed by atoms with van der Waals surface area (Å²) in [6.07, 6.45) is 9.26. The largest absolute Gasteiger partial charge is 0.396 e. The molecule has 12 nitrogen and oxygen atoms in total. The van der Waals surface area contributed by atoms with Gasteiger partial charge in [0.2, 0.25) is 0 Å². The van der Waals surface area contributed by atoms with Crippen LogP contribution in [0.1, 0.15) is 54.0 Å². The molecule has 0 saturated carbocycles. The molecule has 0 radical (unpaired) electrons. The number of hydrogen-bond acceptors (Lipinski definition) is 9. The molecule has 7 heterocycles. The summed E-state index contributed by atoms with van der Waals surface area (Å²) < 4.78 is 9.13. The average Bonchev–Trinajstić information content (AvgIpc) is 3.55. The predicted molar refractivity (Wildman–Crippen MR) is 189 cm³/mol. The van der Waals surface area contributed by atoms with E-state index in [1.54, 1.807) is 28.9 Å². The summed E-state index contributed by atoms with van der Waals surface area (Å²) in [5, 5.41) is 14.0. The number of nitrogens with one attached hydrogen (secondary N) is 1. The van der Waals surface area contributed by atoms with Gasteiger partial charge in [0.15, 0.2) is 0 Å². The van der Waals surface area contributed by atoms with E-state index in [0.717, 1.165) is 56.9 Å². The molecule has 2 fully saturated rings. The fourth-order valence-electron chi connectivity index (χ4n) is 8.45. The Balaban J connectivity index is 0.990. The van der Waals surface area contributed by atoms with Gasteiger partial charge < -0.3 is 29.2 Å². The zero-order valence-electron chi connectivity index (χ0n) is 28.8. The standard InChI is InChI=1S/C37H46N8O4/c1-23-18-42(27-21-49-22-27)9-10-43(23)26-5-6-33(39-17-26)40-30-13-25(19-41(4)35(30)47)28-7-8-38-34(29(28)20-46)45-12-11-44-31(36(45)48)14-24-15-37(2,3)16-32(24)44/h5-8,13-14,17,19,23,27-29,46H,9-12,15-16,18,20-22H2,1-4H3,(H,39,40)/t23-,28?,29?/m1/s1. The van der Waals surface area contributed by atoms with E-state index in [2.05, 4.69) is 62.6 Å². The minimum atomic E-state index is -0.455. The number of piperazine rings is 1. The third-order valence-electron chi connectivity index (χ3n) is 11.1. The van der Waals surface area contributed by atoms with Gasteiger partial charge in [-0.2, -0.15) is 0 Å². The molecular weight excluding hydrogens is 620 g/mol. The summed E-state index contributed by atoms with van der Waals surface area (Å²) >= 11 is 0. The molecule has 2 N–H and O–H groups in total. The van der Waals surface area contributed by atoms with Gasteiger partial charge in [-0.15, -0.1) is 0 Å². The van der Waals surface area contributed by atoms with Crippen LogP contribution in [0.15, 0.2) is 58.7 Å². The normalized spacial score (nSPS) is 25.2. The van der Waals surface area contributed by atoms with Crippen molar-refractivity contribution in [2.24, 2.45) is 23.4 Å². The fraction of sp³-hybridized carbons (Fsp3) is 0.514. The van der Waals surface area contributed by atoms with Crippen molar-refractivity contribution in [3.8, 4) is 0 Å². The Morgan fingerprint density at radius 2 is 1.92 bits per heavy atom. The number of allylic oxidation sites excluding steroid dienone is 1. The Morgan fingerprint density at radius 1 is 1.08 bits per heavy atom. The Hall–Kier alpha value is -4.26. The Morgan fingerprint density at radius 3 is 2.63 bits per heavy atom. The first-order valence-electron chi connectivity index (χ1n) is 17.5. The van der Waals surface area contributed by atoms with Crippen molar-refractivity contribution in [1.82, 2.24) is 23.9 Å². The van der Waals surface area contributed by atoms with Gasteiger partial charge >= 0.3 is 0 Å². The molecule has 1 amide bonds. The maximum atomic E-state index is 13.9. The van der Waals surface area contributed by atoms with Crippen LogP contribution in [0.2, 0.25) is 0 Å². The Labute approximate surface area is 286 Å². The molecule has 1 aliphatic carbocycles. The van der Waals surface area contributed by atoms with Crippen LogP contribution in [0.5, 0.6) is 0 Å². The van der Waals surface area contributed by atoms with Crippen LogP contribution in [0, 0.1) is 11.3 Å². The molecule has 8 rings (SSSR count). The van der Waals surface area contributed by atoms with Gasteiger partial charge in [-0.25, -0.2) is 9.98 Å². The van der Waals surface area contributed by atoms with Crippen LogP contribution in [0.4, 0.5) is 17.2 Å². The molecule has 4 aliphatic heterocycles. The third-order valence-corrected chi connectivity index (χ3v) is 11.1. The molecule has 2 unspecified atom stereocenters. The molecule has 12 heteroatoms. The van der Waals surface area contributed by atoms with Crippen LogP contribution in [-0.2, 0) is 31.2 Å². The summed E-state index contributed by atoms with van der Waals surface area (Å²) in [7, 11) is 1.72. The van der Waals surface area contributed by atoms with Crippen molar-refractivity contribution in [3.63, 3.8) is 0 Å². The van der Waals surface area contributed by atoms with Crippen molar-refractivity contribution in [3.05, 3.63) is 81.8 Å². The second-order valence-electron chi connectivity index (χ2n) is 15.1. The van der Waals surface area contributed by atoms with E-state index >= 15 is 0 Å². The van der Waals surface area contributed by atoms with E-state index in [1.165, 1.54) is 11.3 Å². The smallest absolute Gasteiger partial charge is 0.275 e. The molecule has 3 aromatic heterocycles. The number of rotatable bonds is 6. The zero-order valence-corrected chi connectivity index (χ0v) is 28.8. The van der Waals surface area contributed by atoms with E-state index in [-0.39, 0.29) is 29.4 Å². The predicted octanol–water partition coefficient (Wildman–Crippen LogP) is 3.13. The number of fused-ring (bicyclic) bond motifs is 3. The molecule has 0 spiro atoms. The minimum Gasteiger partial charge on any atom is -0.396 e. The van der Waals surface area contributed by atoms with Crippen LogP contribution in [0.3, 0.4) is 0 Å². The van der Waals surface area contributed by atoms with Gasteiger partial charge in [0.1, 0.15) is 23.0 Å². The van der Waals surface area contributed by atoms with Crippen molar-refractivity contribution < 1.29 is 14.6 Å². The first-order chi connectivity index (χ1) is 23.6. The molecular formula is C37H46N8O4. The Kier molecular flexibility index (Phi) is 8.00. The lowest BCUT2D eigenvalue weighted by molar-refractivity contribution is -0.0691. The first kappa shape index (κ1) is 32.0. The number of amidine groups is 1. The highest BCUT2D eigenvalue weighted by Crippen LogP contribution is 2.40. The molecule has 0 aromatic carbocycles. The number of carbonyl (C=O) groups excluding carboxylic acids is 1. The van der Waals surface area contributed by atoms with E-state index in [0.29, 0.717) is 48.2 Å². The summed E-state index contributed by atoms with van der Waals surface area (Å²) in [4.78, 5) is 43.2. The van der Waals surface area contributed by atoms with Gasteiger partial charge in [0.05, 0.1) is 43.7 Å². The zero-order chi connectivity index (χ0) is 34.0. The van der Waals surface area contributed by atoms with Gasteiger partial charge in [-0.3, -0.25) is 19.4 Å². The lowest BCUT2D eigenvalue weighted by Crippen LogP contribution is -2.59. The monoisotopic (exact) mass is 666 g/mol. The summed E-state index contributed by atoms with van der Waals surface area (Å²) in [5.74, 6) is 0.312. The first-order valence-corrected chi connectivity index (χ1v) is 17.5. The summed E-state index contributed by atoms with van der Waals surface area (Å²) in [6.45, 7) is 12.4. The van der Waals surface area contributed by atoms with E-state index in [1.807, 2.05) is 24.4 Å². The lowest BCUT2D eigenvalue weighted by Gasteiger charge is -2.46. The molecule has 5 aliphatic rings. The number of aliphatic hydroxyl groups excluding tert-OH is 1. The third kappa shape index (κ3) is 5.69. The van der Waals surface area contributed by atoms with Crippen LogP contribution < -0.4 is 15.8 Å². The number of nitrogens with zero attached hydrogens (tertiary/aromatic N) is 7. The van der Waals surface area contributed by atoms with Crippen molar-refractivity contribution in [2.45, 2.75) is 58.2 Å². The maximum Gasteiger partial charge on any atom is 0.275 e. The van der Waals surface area contributed by atoms with Gasteiger partial charge in [0, 0.05) is 69.8 Å². The molecule has 0 bridgehead atoms. The van der Waals surface area contributed by atoms with Gasteiger partial charge in [0.25, 0.3) is 11.5 Å². The van der Waals surface area contributed by atoms with Gasteiger partial charge in [-0.05, 0) is 60.6 Å². The quantitative estimate of drug-likeness (QED) is 0.412. The maximum absolute atomic E-state index is 13.9. The SMILES string of the molecule is C[C@@H]1CN(C2COC2)CCN1c1ccc(Nc2cc(C3C=CN=C(N4CCn5c(cc6c5CC(C)(C)C6)C4=O)C3CO)cn(C)c2=O)nc1. The fourth-order valence-corrected chi connectivity index (χ4v) is 8.45. The molecule has 258 valence electrons. The molecule has 3 atom stereocenters. The van der Waals surface area contributed by atoms with Crippen molar-refractivity contribution in [2.75, 3.05) is 56.2 Å². The van der Waals surface area contributed by atoms with Crippen molar-refractivity contribution >= 4 is 28.9 Å². The Bertz CT molecular complexity index is 1890. The highest BCUT2D eigenvalue weighted by molar-refractivity contribution is 6.08.